The molecule has 0 radical (unpaired) electrons. The normalized spacial score (nSPS) is 11.0. The zero-order valence-electron chi connectivity index (χ0n) is 14.1. The van der Waals surface area contributed by atoms with Crippen LogP contribution in [-0.2, 0) is 20.8 Å². The Kier molecular flexibility index (Phi) is 6.03. The Morgan fingerprint density at radius 2 is 2.04 bits per heavy atom. The first kappa shape index (κ1) is 18.6. The lowest BCUT2D eigenvalue weighted by atomic mass is 10.1. The third-order valence-electron chi connectivity index (χ3n) is 3.71. The van der Waals surface area contributed by atoms with Crippen LogP contribution in [0.15, 0.2) is 40.8 Å². The predicted octanol–water partition coefficient (Wildman–Crippen LogP) is 3.36. The number of aromatic nitrogens is 2. The molecule has 0 fully saturated rings. The minimum atomic E-state index is -0.503. The summed E-state index contributed by atoms with van der Waals surface area (Å²) in [5.41, 5.74) is 1.37. The lowest BCUT2D eigenvalue weighted by Gasteiger charge is -2.07. The van der Waals surface area contributed by atoms with E-state index in [1.807, 2.05) is 24.4 Å². The number of carbonyl (C=O) groups is 1. The Morgan fingerprint density at radius 3 is 2.77 bits per heavy atom. The van der Waals surface area contributed by atoms with Gasteiger partial charge in [-0.15, -0.1) is 11.3 Å². The van der Waals surface area contributed by atoms with Crippen LogP contribution in [0.25, 0.3) is 21.3 Å². The van der Waals surface area contributed by atoms with Crippen molar-refractivity contribution in [3.05, 3.63) is 51.3 Å². The van der Waals surface area contributed by atoms with Crippen LogP contribution in [0.2, 0.25) is 5.02 Å². The highest BCUT2D eigenvalue weighted by atomic mass is 35.5. The van der Waals surface area contributed by atoms with Crippen LogP contribution in [0.1, 0.15) is 6.92 Å². The van der Waals surface area contributed by atoms with E-state index in [0.717, 1.165) is 11.1 Å². The van der Waals surface area contributed by atoms with Gasteiger partial charge in [0, 0.05) is 22.6 Å². The predicted molar refractivity (Wildman–Crippen MR) is 102 cm³/mol. The van der Waals surface area contributed by atoms with E-state index >= 15 is 0 Å². The van der Waals surface area contributed by atoms with Gasteiger partial charge in [-0.1, -0.05) is 23.7 Å². The van der Waals surface area contributed by atoms with Crippen molar-refractivity contribution in [1.82, 2.24) is 9.55 Å². The summed E-state index contributed by atoms with van der Waals surface area (Å²) in [5.74, 6) is -0.503. The topological polar surface area (TPSA) is 70.4 Å². The van der Waals surface area contributed by atoms with E-state index in [4.69, 9.17) is 21.1 Å². The molecule has 1 aromatic carbocycles. The van der Waals surface area contributed by atoms with Gasteiger partial charge in [0.25, 0.3) is 5.56 Å². The molecule has 0 aliphatic carbocycles. The molecule has 3 aromatic rings. The van der Waals surface area contributed by atoms with Gasteiger partial charge in [0.2, 0.25) is 0 Å². The average Bonchev–Trinajstić information content (AvgIpc) is 3.07. The molecular formula is C18H17ClN2O4S. The fourth-order valence-electron chi connectivity index (χ4n) is 2.47. The number of benzene rings is 1. The van der Waals surface area contributed by atoms with Gasteiger partial charge in [0.05, 0.1) is 18.3 Å². The molecule has 0 aliphatic heterocycles. The van der Waals surface area contributed by atoms with Gasteiger partial charge in [0.15, 0.2) is 0 Å². The van der Waals surface area contributed by atoms with Crippen LogP contribution in [0.3, 0.4) is 0 Å². The number of esters is 1. The van der Waals surface area contributed by atoms with Crippen molar-refractivity contribution < 1.29 is 14.3 Å². The van der Waals surface area contributed by atoms with Gasteiger partial charge >= 0.3 is 5.97 Å². The van der Waals surface area contributed by atoms with Gasteiger partial charge < -0.3 is 9.47 Å². The van der Waals surface area contributed by atoms with E-state index in [1.54, 1.807) is 12.1 Å². The molecule has 0 aliphatic rings. The van der Waals surface area contributed by atoms with Crippen LogP contribution < -0.4 is 5.56 Å². The van der Waals surface area contributed by atoms with Gasteiger partial charge in [-0.3, -0.25) is 14.2 Å². The Bertz CT molecular complexity index is 965. The van der Waals surface area contributed by atoms with E-state index in [1.165, 1.54) is 22.2 Å². The van der Waals surface area contributed by atoms with Crippen molar-refractivity contribution >= 4 is 39.1 Å². The number of hydrogen-bond donors (Lipinski definition) is 0. The second kappa shape index (κ2) is 8.44. The molecule has 0 saturated carbocycles. The minimum absolute atomic E-state index is 0.158. The lowest BCUT2D eigenvalue weighted by molar-refractivity contribution is -0.145. The Hall–Kier alpha value is -2.22. The number of rotatable bonds is 7. The molecule has 0 N–H and O–H groups in total. The molecule has 2 aromatic heterocycles. The van der Waals surface area contributed by atoms with Crippen molar-refractivity contribution in [3.8, 4) is 11.1 Å². The second-order valence-corrected chi connectivity index (χ2v) is 6.73. The van der Waals surface area contributed by atoms with E-state index < -0.39 is 5.97 Å². The SMILES string of the molecule is CCOCCOC(=O)Cn1cnc2scc(-c3ccc(Cl)cc3)c2c1=O. The standard InChI is InChI=1S/C18H17ClN2O4S/c1-2-24-7-8-25-15(22)9-21-11-20-17-16(18(21)23)14(10-26-17)12-3-5-13(19)6-4-12/h3-6,10-11H,2,7-9H2,1H3. The second-order valence-electron chi connectivity index (χ2n) is 5.43. The van der Waals surface area contributed by atoms with Gasteiger partial charge in [0.1, 0.15) is 18.0 Å². The van der Waals surface area contributed by atoms with Crippen molar-refractivity contribution in [2.45, 2.75) is 13.5 Å². The first-order valence-corrected chi connectivity index (χ1v) is 9.32. The van der Waals surface area contributed by atoms with E-state index in [9.17, 15) is 9.59 Å². The third kappa shape index (κ3) is 4.12. The first-order valence-electron chi connectivity index (χ1n) is 8.06. The van der Waals surface area contributed by atoms with Crippen LogP contribution in [0, 0.1) is 0 Å². The van der Waals surface area contributed by atoms with Crippen molar-refractivity contribution in [3.63, 3.8) is 0 Å². The highest BCUT2D eigenvalue weighted by Crippen LogP contribution is 2.31. The van der Waals surface area contributed by atoms with Gasteiger partial charge in [-0.25, -0.2) is 4.98 Å². The molecule has 3 rings (SSSR count). The lowest BCUT2D eigenvalue weighted by Crippen LogP contribution is -2.26. The number of carbonyl (C=O) groups excluding carboxylic acids is 1. The molecule has 0 spiro atoms. The number of fused-ring (bicyclic) bond motifs is 1. The molecule has 136 valence electrons. The number of hydrogen-bond acceptors (Lipinski definition) is 6. The molecule has 0 bridgehead atoms. The monoisotopic (exact) mass is 392 g/mol. The summed E-state index contributed by atoms with van der Waals surface area (Å²) in [6.07, 6.45) is 1.37. The molecule has 8 heteroatoms. The summed E-state index contributed by atoms with van der Waals surface area (Å²) in [6, 6.07) is 7.24. The summed E-state index contributed by atoms with van der Waals surface area (Å²) >= 11 is 7.31. The Labute approximate surface area is 159 Å². The summed E-state index contributed by atoms with van der Waals surface area (Å²) in [6.45, 7) is 2.72. The Morgan fingerprint density at radius 1 is 1.27 bits per heavy atom. The molecular weight excluding hydrogens is 376 g/mol. The molecule has 0 saturated heterocycles. The maximum absolute atomic E-state index is 12.8. The van der Waals surface area contributed by atoms with Crippen molar-refractivity contribution in [1.29, 1.82) is 0 Å². The quantitative estimate of drug-likeness (QED) is 0.455. The minimum Gasteiger partial charge on any atom is -0.462 e. The van der Waals surface area contributed by atoms with Crippen molar-refractivity contribution in [2.75, 3.05) is 19.8 Å². The van der Waals surface area contributed by atoms with Crippen LogP contribution >= 0.6 is 22.9 Å². The highest BCUT2D eigenvalue weighted by molar-refractivity contribution is 7.17. The zero-order chi connectivity index (χ0) is 18.5. The number of thiophene rings is 1. The summed E-state index contributed by atoms with van der Waals surface area (Å²) in [7, 11) is 0. The van der Waals surface area contributed by atoms with E-state index in [0.29, 0.717) is 28.5 Å². The average molecular weight is 393 g/mol. The maximum atomic E-state index is 12.8. The van der Waals surface area contributed by atoms with Crippen molar-refractivity contribution in [2.24, 2.45) is 0 Å². The molecule has 26 heavy (non-hydrogen) atoms. The summed E-state index contributed by atoms with van der Waals surface area (Å²) < 4.78 is 11.4. The molecule has 2 heterocycles. The van der Waals surface area contributed by atoms with E-state index in [2.05, 4.69) is 4.98 Å². The summed E-state index contributed by atoms with van der Waals surface area (Å²) in [4.78, 5) is 29.7. The van der Waals surface area contributed by atoms with Gasteiger partial charge in [-0.2, -0.15) is 0 Å². The van der Waals surface area contributed by atoms with Crippen LogP contribution in [0.4, 0.5) is 0 Å². The number of halogens is 1. The summed E-state index contributed by atoms with van der Waals surface area (Å²) in [5, 5.41) is 2.99. The third-order valence-corrected chi connectivity index (χ3v) is 4.85. The molecule has 0 unspecified atom stereocenters. The van der Waals surface area contributed by atoms with Crippen LogP contribution in [0.5, 0.6) is 0 Å². The van der Waals surface area contributed by atoms with Gasteiger partial charge in [-0.05, 0) is 24.6 Å². The molecule has 0 atom stereocenters. The zero-order valence-corrected chi connectivity index (χ0v) is 15.7. The fraction of sp³-hybridized carbons (Fsp3) is 0.278. The Balaban J connectivity index is 1.86. The maximum Gasteiger partial charge on any atom is 0.326 e. The highest BCUT2D eigenvalue weighted by Gasteiger charge is 2.15. The molecule has 6 nitrogen and oxygen atoms in total. The largest absolute Gasteiger partial charge is 0.462 e. The van der Waals surface area contributed by atoms with Crippen LogP contribution in [-0.4, -0.2) is 35.3 Å². The fourth-order valence-corrected chi connectivity index (χ4v) is 3.50. The first-order chi connectivity index (χ1) is 12.6. The number of nitrogens with zero attached hydrogens (tertiary/aromatic N) is 2. The smallest absolute Gasteiger partial charge is 0.326 e. The molecule has 0 amide bonds. The van der Waals surface area contributed by atoms with E-state index in [-0.39, 0.29) is 18.7 Å². The number of ether oxygens (including phenoxy) is 2.